The number of furan rings is 1. The summed E-state index contributed by atoms with van der Waals surface area (Å²) >= 11 is 0. The van der Waals surface area contributed by atoms with E-state index in [1.165, 1.54) is 18.4 Å². The van der Waals surface area contributed by atoms with Crippen molar-refractivity contribution in [1.29, 1.82) is 0 Å². The summed E-state index contributed by atoms with van der Waals surface area (Å²) in [5.74, 6) is -2.66. The summed E-state index contributed by atoms with van der Waals surface area (Å²) < 4.78 is 55.8. The molecule has 9 heteroatoms. The second-order valence-corrected chi connectivity index (χ2v) is 4.68. The highest BCUT2D eigenvalue weighted by Gasteiger charge is 2.34. The van der Waals surface area contributed by atoms with E-state index in [2.05, 4.69) is 10.6 Å². The van der Waals surface area contributed by atoms with Crippen molar-refractivity contribution in [1.82, 2.24) is 10.6 Å². The molecule has 5 nitrogen and oxygen atoms in total. The van der Waals surface area contributed by atoms with Crippen LogP contribution in [0.1, 0.15) is 26.5 Å². The van der Waals surface area contributed by atoms with Crippen LogP contribution in [-0.4, -0.2) is 24.9 Å². The van der Waals surface area contributed by atoms with Gasteiger partial charge in [-0.15, -0.1) is 0 Å². The third-order valence-corrected chi connectivity index (χ3v) is 2.98. The summed E-state index contributed by atoms with van der Waals surface area (Å²) in [4.78, 5) is 23.3. The Morgan fingerprint density at radius 2 is 1.71 bits per heavy atom. The standard InChI is InChI=1S/C15H12F4N2O3/c16-11-4-3-9(8-10(11)15(17,18)19)13(22)20-5-6-21-14(23)12-2-1-7-24-12/h1-4,7-8H,5-6H2,(H,20,22)(H,21,23). The molecule has 0 atom stereocenters. The number of halogens is 4. The third kappa shape index (κ3) is 4.34. The Balaban J connectivity index is 1.88. The van der Waals surface area contributed by atoms with Crippen molar-refractivity contribution in [3.63, 3.8) is 0 Å². The molecule has 0 saturated heterocycles. The number of alkyl halides is 3. The van der Waals surface area contributed by atoms with Gasteiger partial charge in [0, 0.05) is 18.7 Å². The fraction of sp³-hybridized carbons (Fsp3) is 0.200. The van der Waals surface area contributed by atoms with Crippen LogP contribution < -0.4 is 10.6 Å². The highest BCUT2D eigenvalue weighted by atomic mass is 19.4. The van der Waals surface area contributed by atoms with Crippen LogP contribution in [0, 0.1) is 5.82 Å². The van der Waals surface area contributed by atoms with E-state index in [4.69, 9.17) is 4.42 Å². The molecule has 2 aromatic rings. The van der Waals surface area contributed by atoms with Crippen molar-refractivity contribution in [3.8, 4) is 0 Å². The second-order valence-electron chi connectivity index (χ2n) is 4.68. The molecular formula is C15H12F4N2O3. The molecule has 0 saturated carbocycles. The molecule has 1 aromatic heterocycles. The van der Waals surface area contributed by atoms with Gasteiger partial charge in [0.25, 0.3) is 11.8 Å². The Hall–Kier alpha value is -2.84. The van der Waals surface area contributed by atoms with Crippen LogP contribution in [0.2, 0.25) is 0 Å². The van der Waals surface area contributed by atoms with Crippen LogP contribution >= 0.6 is 0 Å². The Morgan fingerprint density at radius 1 is 1.04 bits per heavy atom. The van der Waals surface area contributed by atoms with E-state index in [9.17, 15) is 27.2 Å². The lowest BCUT2D eigenvalue weighted by Crippen LogP contribution is -2.34. The van der Waals surface area contributed by atoms with Crippen LogP contribution in [0.5, 0.6) is 0 Å². The van der Waals surface area contributed by atoms with Crippen LogP contribution in [0.3, 0.4) is 0 Å². The molecule has 24 heavy (non-hydrogen) atoms. The zero-order chi connectivity index (χ0) is 17.7. The minimum Gasteiger partial charge on any atom is -0.459 e. The number of benzene rings is 1. The summed E-state index contributed by atoms with van der Waals surface area (Å²) in [7, 11) is 0. The average Bonchev–Trinajstić information content (AvgIpc) is 3.05. The van der Waals surface area contributed by atoms with E-state index in [1.807, 2.05) is 0 Å². The van der Waals surface area contributed by atoms with Gasteiger partial charge in [-0.2, -0.15) is 13.2 Å². The summed E-state index contributed by atoms with van der Waals surface area (Å²) in [6.45, 7) is 0.0165. The molecular weight excluding hydrogens is 332 g/mol. The molecule has 0 radical (unpaired) electrons. The fourth-order valence-corrected chi connectivity index (χ4v) is 1.83. The molecule has 0 fully saturated rings. The quantitative estimate of drug-likeness (QED) is 0.647. The molecule has 0 spiro atoms. The number of hydrogen-bond donors (Lipinski definition) is 2. The molecule has 0 aliphatic carbocycles. The van der Waals surface area contributed by atoms with E-state index in [-0.39, 0.29) is 24.4 Å². The molecule has 0 bridgehead atoms. The Bertz CT molecular complexity index is 727. The van der Waals surface area contributed by atoms with Gasteiger partial charge in [0.1, 0.15) is 5.82 Å². The van der Waals surface area contributed by atoms with Gasteiger partial charge in [0.15, 0.2) is 5.76 Å². The van der Waals surface area contributed by atoms with Crippen LogP contribution in [-0.2, 0) is 6.18 Å². The number of nitrogens with one attached hydrogen (secondary N) is 2. The number of carbonyl (C=O) groups is 2. The zero-order valence-electron chi connectivity index (χ0n) is 12.1. The van der Waals surface area contributed by atoms with Crippen molar-refractivity contribution in [2.24, 2.45) is 0 Å². The van der Waals surface area contributed by atoms with E-state index < -0.39 is 29.4 Å². The fourth-order valence-electron chi connectivity index (χ4n) is 1.83. The first-order valence-electron chi connectivity index (χ1n) is 6.75. The highest BCUT2D eigenvalue weighted by molar-refractivity contribution is 5.94. The maximum atomic E-state index is 13.2. The molecule has 2 rings (SSSR count). The predicted octanol–water partition coefficient (Wildman–Crippen LogP) is 2.60. The molecule has 2 N–H and O–H groups in total. The minimum absolute atomic E-state index is 0.0238. The maximum absolute atomic E-state index is 13.2. The second kappa shape index (κ2) is 7.16. The predicted molar refractivity (Wildman–Crippen MR) is 74.8 cm³/mol. The van der Waals surface area contributed by atoms with E-state index in [0.29, 0.717) is 12.1 Å². The van der Waals surface area contributed by atoms with E-state index in [1.54, 1.807) is 0 Å². The van der Waals surface area contributed by atoms with Gasteiger partial charge >= 0.3 is 6.18 Å². The monoisotopic (exact) mass is 344 g/mol. The van der Waals surface area contributed by atoms with Crippen molar-refractivity contribution in [2.45, 2.75) is 6.18 Å². The number of amides is 2. The smallest absolute Gasteiger partial charge is 0.419 e. The third-order valence-electron chi connectivity index (χ3n) is 2.98. The maximum Gasteiger partial charge on any atom is 0.419 e. The Kier molecular flexibility index (Phi) is 5.22. The van der Waals surface area contributed by atoms with Crippen molar-refractivity contribution >= 4 is 11.8 Å². The summed E-state index contributed by atoms with van der Waals surface area (Å²) in [5.41, 5.74) is -1.85. The first kappa shape index (κ1) is 17.5. The molecule has 1 aromatic carbocycles. The number of rotatable bonds is 5. The zero-order valence-corrected chi connectivity index (χ0v) is 12.1. The summed E-state index contributed by atoms with van der Waals surface area (Å²) in [6.07, 6.45) is -3.57. The Morgan fingerprint density at radius 3 is 2.29 bits per heavy atom. The average molecular weight is 344 g/mol. The lowest BCUT2D eigenvalue weighted by atomic mass is 10.1. The van der Waals surface area contributed by atoms with Crippen LogP contribution in [0.15, 0.2) is 41.0 Å². The highest BCUT2D eigenvalue weighted by Crippen LogP contribution is 2.31. The lowest BCUT2D eigenvalue weighted by Gasteiger charge is -2.10. The van der Waals surface area contributed by atoms with Gasteiger partial charge in [0.05, 0.1) is 11.8 Å². The first-order valence-corrected chi connectivity index (χ1v) is 6.75. The summed E-state index contributed by atoms with van der Waals surface area (Å²) in [6, 6.07) is 4.94. The SMILES string of the molecule is O=C(NCCNC(=O)c1ccco1)c1ccc(F)c(C(F)(F)F)c1. The molecule has 128 valence electrons. The van der Waals surface area contributed by atoms with Crippen molar-refractivity contribution in [2.75, 3.05) is 13.1 Å². The van der Waals surface area contributed by atoms with Crippen molar-refractivity contribution in [3.05, 3.63) is 59.3 Å². The van der Waals surface area contributed by atoms with Crippen LogP contribution in [0.4, 0.5) is 17.6 Å². The lowest BCUT2D eigenvalue weighted by molar-refractivity contribution is -0.140. The van der Waals surface area contributed by atoms with Gasteiger partial charge in [-0.1, -0.05) is 0 Å². The van der Waals surface area contributed by atoms with Gasteiger partial charge in [-0.3, -0.25) is 9.59 Å². The molecule has 0 unspecified atom stereocenters. The normalized spacial score (nSPS) is 11.2. The summed E-state index contributed by atoms with van der Waals surface area (Å²) in [5, 5.41) is 4.77. The number of carbonyl (C=O) groups excluding carboxylic acids is 2. The largest absolute Gasteiger partial charge is 0.459 e. The van der Waals surface area contributed by atoms with Gasteiger partial charge in [0.2, 0.25) is 0 Å². The topological polar surface area (TPSA) is 71.3 Å². The number of hydrogen-bond acceptors (Lipinski definition) is 3. The van der Waals surface area contributed by atoms with E-state index in [0.717, 1.165) is 6.07 Å². The minimum atomic E-state index is -4.89. The van der Waals surface area contributed by atoms with Crippen molar-refractivity contribution < 1.29 is 31.6 Å². The van der Waals surface area contributed by atoms with Gasteiger partial charge in [-0.05, 0) is 30.3 Å². The Labute approximate surface area is 133 Å². The molecule has 2 amide bonds. The molecule has 0 aliphatic heterocycles. The van der Waals surface area contributed by atoms with Gasteiger partial charge in [-0.25, -0.2) is 4.39 Å². The van der Waals surface area contributed by atoms with Gasteiger partial charge < -0.3 is 15.1 Å². The first-order chi connectivity index (χ1) is 11.3. The van der Waals surface area contributed by atoms with Crippen LogP contribution in [0.25, 0.3) is 0 Å². The van der Waals surface area contributed by atoms with E-state index >= 15 is 0 Å². The molecule has 0 aliphatic rings. The molecule has 1 heterocycles.